The van der Waals surface area contributed by atoms with Crippen LogP contribution in [0, 0.1) is 17.0 Å². The van der Waals surface area contributed by atoms with Gasteiger partial charge in [0.1, 0.15) is 0 Å². The zero-order chi connectivity index (χ0) is 15.7. The molecule has 2 aromatic rings. The Hall–Kier alpha value is -2.80. The molecular formula is C15H10N2O4S. The van der Waals surface area contributed by atoms with E-state index in [1.165, 1.54) is 23.5 Å². The minimum absolute atomic E-state index is 0.0352. The third-order valence-corrected chi connectivity index (χ3v) is 3.99. The molecule has 0 saturated heterocycles. The Kier molecular flexibility index (Phi) is 3.56. The van der Waals surface area contributed by atoms with Gasteiger partial charge in [-0.15, -0.1) is 11.3 Å². The Morgan fingerprint density at radius 1 is 1.32 bits per heavy atom. The second-order valence-electron chi connectivity index (χ2n) is 4.56. The summed E-state index contributed by atoms with van der Waals surface area (Å²) >= 11 is 1.48. The summed E-state index contributed by atoms with van der Waals surface area (Å²) in [5.41, 5.74) is 1.00. The fourth-order valence-electron chi connectivity index (χ4n) is 2.09. The second-order valence-corrected chi connectivity index (χ2v) is 5.54. The van der Waals surface area contributed by atoms with Gasteiger partial charge in [-0.1, -0.05) is 12.1 Å². The number of ether oxygens (including phenoxy) is 1. The molecule has 6 nitrogen and oxygen atoms in total. The molecule has 1 aliphatic heterocycles. The summed E-state index contributed by atoms with van der Waals surface area (Å²) in [6, 6.07) is 8.31. The monoisotopic (exact) mass is 314 g/mol. The van der Waals surface area contributed by atoms with Gasteiger partial charge in [-0.25, -0.2) is 9.79 Å². The van der Waals surface area contributed by atoms with Gasteiger partial charge in [0.15, 0.2) is 5.70 Å². The van der Waals surface area contributed by atoms with Crippen molar-refractivity contribution in [1.82, 2.24) is 0 Å². The van der Waals surface area contributed by atoms with Crippen molar-refractivity contribution in [2.45, 2.75) is 6.92 Å². The number of benzene rings is 1. The average molecular weight is 314 g/mol. The van der Waals surface area contributed by atoms with Crippen molar-refractivity contribution in [3.63, 3.8) is 0 Å². The van der Waals surface area contributed by atoms with E-state index in [0.717, 1.165) is 4.88 Å². The number of hydrogen-bond donors (Lipinski definition) is 0. The van der Waals surface area contributed by atoms with Gasteiger partial charge in [0.05, 0.1) is 4.92 Å². The molecule has 3 rings (SSSR count). The van der Waals surface area contributed by atoms with Gasteiger partial charge in [-0.3, -0.25) is 10.1 Å². The summed E-state index contributed by atoms with van der Waals surface area (Å²) < 4.78 is 5.15. The lowest BCUT2D eigenvalue weighted by molar-refractivity contribution is -0.385. The van der Waals surface area contributed by atoms with Crippen LogP contribution in [0.3, 0.4) is 0 Å². The van der Waals surface area contributed by atoms with E-state index in [4.69, 9.17) is 4.74 Å². The molecule has 110 valence electrons. The maximum atomic E-state index is 11.9. The molecule has 0 saturated carbocycles. The van der Waals surface area contributed by atoms with Crippen molar-refractivity contribution in [3.05, 3.63) is 67.5 Å². The summed E-state index contributed by atoms with van der Waals surface area (Å²) in [7, 11) is 0. The lowest BCUT2D eigenvalue weighted by atomic mass is 10.1. The zero-order valence-electron chi connectivity index (χ0n) is 11.5. The average Bonchev–Trinajstić information content (AvgIpc) is 3.10. The number of hydrogen-bond acceptors (Lipinski definition) is 6. The van der Waals surface area contributed by atoms with E-state index in [0.29, 0.717) is 11.1 Å². The van der Waals surface area contributed by atoms with Gasteiger partial charge in [0.2, 0.25) is 5.90 Å². The summed E-state index contributed by atoms with van der Waals surface area (Å²) in [6.07, 6.45) is 1.63. The van der Waals surface area contributed by atoms with Crippen LogP contribution in [0.5, 0.6) is 0 Å². The van der Waals surface area contributed by atoms with E-state index in [-0.39, 0.29) is 17.3 Å². The van der Waals surface area contributed by atoms with Crippen molar-refractivity contribution in [2.24, 2.45) is 4.99 Å². The fourth-order valence-corrected chi connectivity index (χ4v) is 2.74. The van der Waals surface area contributed by atoms with Crippen LogP contribution in [0.25, 0.3) is 6.08 Å². The molecule has 0 bridgehead atoms. The van der Waals surface area contributed by atoms with Crippen LogP contribution in [0.15, 0.2) is 46.4 Å². The molecule has 0 aliphatic carbocycles. The molecule has 7 heteroatoms. The van der Waals surface area contributed by atoms with Gasteiger partial charge in [0.25, 0.3) is 5.69 Å². The molecule has 22 heavy (non-hydrogen) atoms. The molecule has 0 unspecified atom stereocenters. The SMILES string of the molecule is Cc1c(C2=NC(=Cc3cccs3)C(=O)O2)cccc1[N+](=O)[O-]. The number of rotatable bonds is 3. The number of carbonyl (C=O) groups is 1. The van der Waals surface area contributed by atoms with Crippen molar-refractivity contribution in [1.29, 1.82) is 0 Å². The Bertz CT molecular complexity index is 822. The molecule has 0 spiro atoms. The lowest BCUT2D eigenvalue weighted by Crippen LogP contribution is -2.08. The Morgan fingerprint density at radius 3 is 2.82 bits per heavy atom. The lowest BCUT2D eigenvalue weighted by Gasteiger charge is -2.04. The zero-order valence-corrected chi connectivity index (χ0v) is 12.3. The number of nitrogens with zero attached hydrogens (tertiary/aromatic N) is 2. The fraction of sp³-hybridized carbons (Fsp3) is 0.0667. The van der Waals surface area contributed by atoms with Crippen molar-refractivity contribution < 1.29 is 14.5 Å². The van der Waals surface area contributed by atoms with Crippen LogP contribution < -0.4 is 0 Å². The molecular weight excluding hydrogens is 304 g/mol. The maximum absolute atomic E-state index is 11.9. The minimum Gasteiger partial charge on any atom is -0.402 e. The van der Waals surface area contributed by atoms with Crippen molar-refractivity contribution in [2.75, 3.05) is 0 Å². The molecule has 0 N–H and O–H groups in total. The third kappa shape index (κ3) is 2.53. The number of esters is 1. The van der Waals surface area contributed by atoms with Gasteiger partial charge in [-0.2, -0.15) is 0 Å². The predicted octanol–water partition coefficient (Wildman–Crippen LogP) is 3.31. The highest BCUT2D eigenvalue weighted by Gasteiger charge is 2.27. The minimum atomic E-state index is -0.561. The predicted molar refractivity (Wildman–Crippen MR) is 82.8 cm³/mol. The Labute approximate surface area is 129 Å². The van der Waals surface area contributed by atoms with Gasteiger partial charge in [-0.05, 0) is 30.5 Å². The number of cyclic esters (lactones) is 1. The van der Waals surface area contributed by atoms with Crippen LogP contribution in [0.2, 0.25) is 0 Å². The summed E-state index contributed by atoms with van der Waals surface area (Å²) in [5, 5.41) is 12.9. The van der Waals surface area contributed by atoms with Crippen molar-refractivity contribution >= 4 is 35.0 Å². The number of carbonyl (C=O) groups excluding carboxylic acids is 1. The van der Waals surface area contributed by atoms with E-state index >= 15 is 0 Å². The topological polar surface area (TPSA) is 81.8 Å². The van der Waals surface area contributed by atoms with E-state index < -0.39 is 10.9 Å². The first-order valence-corrected chi connectivity index (χ1v) is 7.24. The van der Waals surface area contributed by atoms with Crippen LogP contribution in [-0.2, 0) is 9.53 Å². The van der Waals surface area contributed by atoms with Crippen LogP contribution in [-0.4, -0.2) is 16.8 Å². The molecule has 0 fully saturated rings. The standard InChI is InChI=1S/C15H10N2O4S/c1-9-11(5-2-6-13(9)17(19)20)14-16-12(15(18)21-14)8-10-4-3-7-22-10/h2-8H,1H3. The molecule has 0 atom stereocenters. The number of nitro benzene ring substituents is 1. The normalized spacial score (nSPS) is 15.8. The highest BCUT2D eigenvalue weighted by molar-refractivity contribution is 7.10. The van der Waals surface area contributed by atoms with Crippen LogP contribution >= 0.6 is 11.3 Å². The van der Waals surface area contributed by atoms with E-state index in [1.807, 2.05) is 17.5 Å². The quantitative estimate of drug-likeness (QED) is 0.377. The highest BCUT2D eigenvalue weighted by Crippen LogP contribution is 2.26. The van der Waals surface area contributed by atoms with Gasteiger partial charge < -0.3 is 4.74 Å². The van der Waals surface area contributed by atoms with Gasteiger partial charge >= 0.3 is 5.97 Å². The molecule has 2 heterocycles. The first-order chi connectivity index (χ1) is 10.6. The van der Waals surface area contributed by atoms with Crippen LogP contribution in [0.1, 0.15) is 16.0 Å². The maximum Gasteiger partial charge on any atom is 0.363 e. The van der Waals surface area contributed by atoms with Crippen LogP contribution in [0.4, 0.5) is 5.69 Å². The third-order valence-electron chi connectivity index (χ3n) is 3.17. The Morgan fingerprint density at radius 2 is 2.14 bits per heavy atom. The first kappa shape index (κ1) is 14.2. The summed E-state index contributed by atoms with van der Waals surface area (Å²) in [5.74, 6) is -0.469. The number of thiophene rings is 1. The molecule has 0 amide bonds. The van der Waals surface area contributed by atoms with Crippen molar-refractivity contribution in [3.8, 4) is 0 Å². The van der Waals surface area contributed by atoms with Gasteiger partial charge in [0, 0.05) is 22.1 Å². The first-order valence-electron chi connectivity index (χ1n) is 6.36. The number of nitro groups is 1. The largest absolute Gasteiger partial charge is 0.402 e. The second kappa shape index (κ2) is 5.53. The van der Waals surface area contributed by atoms with E-state index in [9.17, 15) is 14.9 Å². The molecule has 1 aromatic carbocycles. The molecule has 0 radical (unpaired) electrons. The highest BCUT2D eigenvalue weighted by atomic mass is 32.1. The number of aliphatic imine (C=N–C) groups is 1. The summed E-state index contributed by atoms with van der Waals surface area (Å²) in [6.45, 7) is 1.60. The Balaban J connectivity index is 2.02. The molecule has 1 aliphatic rings. The summed E-state index contributed by atoms with van der Waals surface area (Å²) in [4.78, 5) is 27.4. The van der Waals surface area contributed by atoms with E-state index in [1.54, 1.807) is 19.1 Å². The smallest absolute Gasteiger partial charge is 0.363 e. The molecule has 1 aromatic heterocycles. The van der Waals surface area contributed by atoms with E-state index in [2.05, 4.69) is 4.99 Å².